The lowest BCUT2D eigenvalue weighted by molar-refractivity contribution is 0.660. The molecule has 0 amide bonds. The highest BCUT2D eigenvalue weighted by atomic mass is 15.1. The average molecular weight is 732 g/mol. The van der Waals surface area contributed by atoms with Crippen LogP contribution in [0.15, 0.2) is 212 Å². The van der Waals surface area contributed by atoms with Crippen LogP contribution < -0.4 is 4.90 Å². The van der Waals surface area contributed by atoms with E-state index >= 15 is 0 Å². The molecule has 1 heteroatoms. The molecule has 57 heavy (non-hydrogen) atoms. The first-order valence-electron chi connectivity index (χ1n) is 21.7. The number of benzene rings is 9. The minimum Gasteiger partial charge on any atom is -0.310 e. The number of para-hydroxylation sites is 2. The van der Waals surface area contributed by atoms with E-state index in [1.165, 1.54) is 22.3 Å². The van der Waals surface area contributed by atoms with Crippen LogP contribution in [0, 0.1) is 0 Å². The fourth-order valence-corrected chi connectivity index (χ4v) is 9.91. The largest absolute Gasteiger partial charge is 0.310 e. The van der Waals surface area contributed by atoms with Gasteiger partial charge in [0, 0.05) is 22.4 Å². The monoisotopic (exact) mass is 731 g/mol. The summed E-state index contributed by atoms with van der Waals surface area (Å²) in [5.41, 5.74) is 13.9. The van der Waals surface area contributed by atoms with Crippen LogP contribution in [-0.2, 0) is 10.8 Å². The van der Waals surface area contributed by atoms with Crippen LogP contribution in [0.4, 0.5) is 17.1 Å². The molecule has 0 saturated carbocycles. The molecule has 0 radical (unpaired) electrons. The van der Waals surface area contributed by atoms with E-state index in [1.54, 1.807) is 0 Å². The topological polar surface area (TPSA) is 3.24 Å². The molecule has 0 bridgehead atoms. The summed E-state index contributed by atoms with van der Waals surface area (Å²) in [6.07, 6.45) is 0. The van der Waals surface area contributed by atoms with Crippen LogP contribution in [0.1, 0.15) is 52.7 Å². The summed E-state index contributed by atoms with van der Waals surface area (Å²) in [5, 5.41) is 1.98. The molecule has 1 unspecified atom stereocenters. The summed E-state index contributed by atoms with van der Waals surface area (Å²) in [4.78, 5) is 2.35. The molecule has 9 aromatic carbocycles. The van der Waals surface area contributed by atoms with Crippen LogP contribution in [0.25, 0.3) is 44.2 Å². The van der Waals surface area contributed by atoms with Gasteiger partial charge in [-0.25, -0.2) is 0 Å². The maximum atomic E-state index is 9.68. The highest BCUT2D eigenvalue weighted by Gasteiger charge is 2.46. The van der Waals surface area contributed by atoms with Gasteiger partial charge in [0.25, 0.3) is 0 Å². The van der Waals surface area contributed by atoms with Crippen LogP contribution in [-0.4, -0.2) is 0 Å². The molecule has 11 rings (SSSR count). The maximum absolute atomic E-state index is 9.68. The van der Waals surface area contributed by atoms with Crippen molar-refractivity contribution in [2.24, 2.45) is 0 Å². The fraction of sp³-hybridized carbons (Fsp3) is 0.0714. The van der Waals surface area contributed by atoms with Crippen molar-refractivity contribution < 1.29 is 5.48 Å². The quantitative estimate of drug-likeness (QED) is 0.165. The maximum Gasteiger partial charge on any atom is 0.0714 e. The Morgan fingerprint density at radius 2 is 1.11 bits per heavy atom. The molecular formula is C56H41N. The van der Waals surface area contributed by atoms with Crippen molar-refractivity contribution in [3.8, 4) is 33.4 Å². The zero-order valence-corrected chi connectivity index (χ0v) is 31.8. The molecule has 2 aliphatic carbocycles. The molecule has 1 nitrogen and oxygen atoms in total. The van der Waals surface area contributed by atoms with Crippen molar-refractivity contribution in [1.29, 1.82) is 0 Å². The predicted molar refractivity (Wildman–Crippen MR) is 239 cm³/mol. The highest BCUT2D eigenvalue weighted by Crippen LogP contribution is 2.58. The molecule has 0 heterocycles. The van der Waals surface area contributed by atoms with E-state index in [0.29, 0.717) is 11.1 Å². The van der Waals surface area contributed by atoms with Gasteiger partial charge in [0.1, 0.15) is 0 Å². The third kappa shape index (κ3) is 4.89. The third-order valence-electron chi connectivity index (χ3n) is 12.4. The van der Waals surface area contributed by atoms with Crippen molar-refractivity contribution in [3.63, 3.8) is 0 Å². The van der Waals surface area contributed by atoms with E-state index in [2.05, 4.69) is 176 Å². The van der Waals surface area contributed by atoms with Crippen molar-refractivity contribution in [2.45, 2.75) is 24.7 Å². The summed E-state index contributed by atoms with van der Waals surface area (Å²) < 4.78 is 37.1. The summed E-state index contributed by atoms with van der Waals surface area (Å²) in [6.45, 7) is 4.62. The lowest BCUT2D eigenvalue weighted by Crippen LogP contribution is -2.28. The fourth-order valence-electron chi connectivity index (χ4n) is 9.91. The molecule has 0 spiro atoms. The Balaban J connectivity index is 1.17. The van der Waals surface area contributed by atoms with Gasteiger partial charge < -0.3 is 4.90 Å². The third-order valence-corrected chi connectivity index (χ3v) is 12.4. The van der Waals surface area contributed by atoms with Gasteiger partial charge >= 0.3 is 0 Å². The van der Waals surface area contributed by atoms with Gasteiger partial charge in [-0.1, -0.05) is 190 Å². The Hall–Kier alpha value is -6.96. The molecule has 9 aromatic rings. The number of anilines is 3. The highest BCUT2D eigenvalue weighted by molar-refractivity contribution is 6.04. The molecule has 1 atom stereocenters. The zero-order valence-electron chi connectivity index (χ0n) is 35.8. The number of nitrogens with zero attached hydrogens (tertiary/aromatic N) is 1. The number of fused-ring (bicyclic) bond motifs is 8. The van der Waals surface area contributed by atoms with E-state index in [0.717, 1.165) is 61.2 Å². The molecule has 0 N–H and O–H groups in total. The lowest BCUT2D eigenvalue weighted by Gasteiger charge is -2.34. The average Bonchev–Trinajstić information content (AvgIpc) is 3.75. The molecule has 0 aromatic heterocycles. The van der Waals surface area contributed by atoms with Crippen LogP contribution in [0.5, 0.6) is 0 Å². The second-order valence-electron chi connectivity index (χ2n) is 15.7. The van der Waals surface area contributed by atoms with E-state index < -0.39 is 5.41 Å². The Morgan fingerprint density at radius 1 is 0.439 bits per heavy atom. The Morgan fingerprint density at radius 3 is 1.96 bits per heavy atom. The molecule has 270 valence electrons. The molecule has 0 aliphatic heterocycles. The SMILES string of the molecule is [2H]c1c([2H])c([2H])c2c(c1[2H])-c1c(ccc3ccccc13)C2(c1ccccc1)c1cccc(-c2ccccc2N(c2ccccc2)c2ccc3c(c2)-c2ccccc2C3(C)C)c1. The van der Waals surface area contributed by atoms with Gasteiger partial charge in [-0.2, -0.15) is 0 Å². The summed E-state index contributed by atoms with van der Waals surface area (Å²) >= 11 is 0. The normalized spacial score (nSPS) is 16.7. The van der Waals surface area contributed by atoms with E-state index in [1.807, 2.05) is 30.3 Å². The minimum atomic E-state index is -1.06. The van der Waals surface area contributed by atoms with Crippen LogP contribution >= 0.6 is 0 Å². The first kappa shape index (κ1) is 29.3. The number of hydrogen-bond acceptors (Lipinski definition) is 1. The van der Waals surface area contributed by atoms with Gasteiger partial charge in [0.05, 0.1) is 16.6 Å². The van der Waals surface area contributed by atoms with E-state index in [-0.39, 0.29) is 29.6 Å². The van der Waals surface area contributed by atoms with E-state index in [9.17, 15) is 2.74 Å². The van der Waals surface area contributed by atoms with Gasteiger partial charge in [-0.15, -0.1) is 0 Å². The smallest absolute Gasteiger partial charge is 0.0714 e. The van der Waals surface area contributed by atoms with Crippen molar-refractivity contribution in [2.75, 3.05) is 4.90 Å². The molecule has 0 saturated heterocycles. The lowest BCUT2D eigenvalue weighted by atomic mass is 9.67. The van der Waals surface area contributed by atoms with Gasteiger partial charge in [-0.05, 0) is 108 Å². The van der Waals surface area contributed by atoms with Crippen LogP contribution in [0.2, 0.25) is 0 Å². The van der Waals surface area contributed by atoms with Crippen molar-refractivity contribution in [1.82, 2.24) is 0 Å². The first-order chi connectivity index (χ1) is 29.7. The van der Waals surface area contributed by atoms with Crippen LogP contribution in [0.3, 0.4) is 0 Å². The minimum absolute atomic E-state index is 0.0215. The first-order valence-corrected chi connectivity index (χ1v) is 19.7. The predicted octanol–water partition coefficient (Wildman–Crippen LogP) is 14.6. The second kappa shape index (κ2) is 12.8. The second-order valence-corrected chi connectivity index (χ2v) is 15.7. The Labute approximate surface area is 340 Å². The standard InChI is InChI=1S/C56H41N/c1-55(2)49-29-14-11-27-46(49)48-37-43(33-35-50(48)55)57(42-23-7-4-8-24-42)53-31-16-13-25-44(53)39-19-17-22-41(36-39)56(40-20-5-3-6-21-40)51-30-15-12-28-47(51)54-45-26-10-9-18-38(45)32-34-52(54)56/h3-37H,1-2H3/i12D,15D,28D,30D. The molecule has 2 aliphatic rings. The van der Waals surface area contributed by atoms with Gasteiger partial charge in [0.2, 0.25) is 0 Å². The van der Waals surface area contributed by atoms with Gasteiger partial charge in [-0.3, -0.25) is 0 Å². The van der Waals surface area contributed by atoms with Crippen molar-refractivity contribution >= 4 is 27.8 Å². The number of hydrogen-bond donors (Lipinski definition) is 0. The number of rotatable bonds is 6. The van der Waals surface area contributed by atoms with E-state index in [4.69, 9.17) is 2.74 Å². The summed E-state index contributed by atoms with van der Waals surface area (Å²) in [5.74, 6) is 0. The summed E-state index contributed by atoms with van der Waals surface area (Å²) in [6, 6.07) is 65.5. The molecular weight excluding hydrogens is 687 g/mol. The molecule has 0 fully saturated rings. The van der Waals surface area contributed by atoms with Crippen molar-refractivity contribution in [3.05, 3.63) is 246 Å². The van der Waals surface area contributed by atoms with Gasteiger partial charge in [0.15, 0.2) is 0 Å². The Kier molecular flexibility index (Phi) is 6.59. The Bertz CT molecular complexity index is 3230. The summed E-state index contributed by atoms with van der Waals surface area (Å²) in [7, 11) is 0. The zero-order chi connectivity index (χ0) is 41.6.